The lowest BCUT2D eigenvalue weighted by molar-refractivity contribution is -0.131. The van der Waals surface area contributed by atoms with Crippen molar-refractivity contribution in [2.24, 2.45) is 0 Å². The molecule has 20 heavy (non-hydrogen) atoms. The molecule has 0 radical (unpaired) electrons. The SMILES string of the molecule is CN(Cc1ccc(C#N)cc1)C(=O)CN1CCNCC1. The first-order valence-electron chi connectivity index (χ1n) is 6.85. The first-order chi connectivity index (χ1) is 9.69. The molecule has 2 rings (SSSR count). The average Bonchev–Trinajstić information content (AvgIpc) is 2.49. The highest BCUT2D eigenvalue weighted by molar-refractivity contribution is 5.78. The van der Waals surface area contributed by atoms with Crippen molar-refractivity contribution < 1.29 is 4.79 Å². The minimum Gasteiger partial charge on any atom is -0.340 e. The van der Waals surface area contributed by atoms with Gasteiger partial charge in [-0.1, -0.05) is 12.1 Å². The summed E-state index contributed by atoms with van der Waals surface area (Å²) in [5, 5.41) is 12.0. The van der Waals surface area contributed by atoms with Gasteiger partial charge in [-0.15, -0.1) is 0 Å². The third kappa shape index (κ3) is 4.05. The van der Waals surface area contributed by atoms with Crippen molar-refractivity contribution in [3.05, 3.63) is 35.4 Å². The van der Waals surface area contributed by atoms with E-state index in [4.69, 9.17) is 5.26 Å². The highest BCUT2D eigenvalue weighted by atomic mass is 16.2. The molecule has 5 nitrogen and oxygen atoms in total. The van der Waals surface area contributed by atoms with Crippen molar-refractivity contribution in [2.75, 3.05) is 39.8 Å². The molecule has 0 atom stereocenters. The van der Waals surface area contributed by atoms with Gasteiger partial charge in [-0.2, -0.15) is 5.26 Å². The number of rotatable bonds is 4. The number of hydrogen-bond donors (Lipinski definition) is 1. The van der Waals surface area contributed by atoms with Crippen LogP contribution in [-0.4, -0.2) is 55.5 Å². The average molecular weight is 272 g/mol. The third-order valence-electron chi connectivity index (χ3n) is 3.50. The summed E-state index contributed by atoms with van der Waals surface area (Å²) < 4.78 is 0. The molecule has 0 aromatic heterocycles. The Balaban J connectivity index is 1.84. The lowest BCUT2D eigenvalue weighted by atomic mass is 10.1. The van der Waals surface area contributed by atoms with E-state index in [1.54, 1.807) is 17.0 Å². The summed E-state index contributed by atoms with van der Waals surface area (Å²) in [4.78, 5) is 16.1. The van der Waals surface area contributed by atoms with Gasteiger partial charge < -0.3 is 10.2 Å². The molecular formula is C15H20N4O. The molecule has 1 aliphatic rings. The lowest BCUT2D eigenvalue weighted by Gasteiger charge is -2.28. The van der Waals surface area contributed by atoms with E-state index < -0.39 is 0 Å². The van der Waals surface area contributed by atoms with Crippen LogP contribution in [0.3, 0.4) is 0 Å². The summed E-state index contributed by atoms with van der Waals surface area (Å²) in [6.07, 6.45) is 0. The molecular weight excluding hydrogens is 252 g/mol. The van der Waals surface area contributed by atoms with Crippen LogP contribution in [0.15, 0.2) is 24.3 Å². The van der Waals surface area contributed by atoms with E-state index in [1.165, 1.54) is 0 Å². The van der Waals surface area contributed by atoms with Crippen molar-refractivity contribution in [3.63, 3.8) is 0 Å². The summed E-state index contributed by atoms with van der Waals surface area (Å²) in [5.41, 5.74) is 1.68. The van der Waals surface area contributed by atoms with Crippen LogP contribution in [-0.2, 0) is 11.3 Å². The van der Waals surface area contributed by atoms with Crippen LogP contribution >= 0.6 is 0 Å². The van der Waals surface area contributed by atoms with E-state index in [9.17, 15) is 4.79 Å². The summed E-state index contributed by atoms with van der Waals surface area (Å²) >= 11 is 0. The van der Waals surface area contributed by atoms with Crippen LogP contribution in [0.1, 0.15) is 11.1 Å². The maximum Gasteiger partial charge on any atom is 0.236 e. The molecule has 1 amide bonds. The van der Waals surface area contributed by atoms with Gasteiger partial charge in [-0.25, -0.2) is 0 Å². The minimum atomic E-state index is 0.135. The quantitative estimate of drug-likeness (QED) is 0.863. The summed E-state index contributed by atoms with van der Waals surface area (Å²) in [7, 11) is 1.82. The van der Waals surface area contributed by atoms with Crippen LogP contribution in [0.25, 0.3) is 0 Å². The molecule has 0 aliphatic carbocycles. The zero-order valence-electron chi connectivity index (χ0n) is 11.8. The number of nitriles is 1. The van der Waals surface area contributed by atoms with E-state index in [1.807, 2.05) is 19.2 Å². The fourth-order valence-corrected chi connectivity index (χ4v) is 2.23. The zero-order chi connectivity index (χ0) is 14.4. The highest BCUT2D eigenvalue weighted by Gasteiger charge is 2.16. The zero-order valence-corrected chi connectivity index (χ0v) is 11.8. The molecule has 1 aliphatic heterocycles. The Bertz CT molecular complexity index is 486. The fraction of sp³-hybridized carbons (Fsp3) is 0.467. The van der Waals surface area contributed by atoms with Gasteiger partial charge in [0.15, 0.2) is 0 Å². The van der Waals surface area contributed by atoms with Crippen LogP contribution in [0.4, 0.5) is 0 Å². The Morgan fingerprint density at radius 1 is 1.35 bits per heavy atom. The number of nitrogens with zero attached hydrogens (tertiary/aromatic N) is 3. The van der Waals surface area contributed by atoms with Crippen molar-refractivity contribution in [1.29, 1.82) is 5.26 Å². The van der Waals surface area contributed by atoms with Crippen molar-refractivity contribution in [3.8, 4) is 6.07 Å². The number of benzene rings is 1. The third-order valence-corrected chi connectivity index (χ3v) is 3.50. The number of piperazine rings is 1. The largest absolute Gasteiger partial charge is 0.340 e. The number of carbonyl (C=O) groups excluding carboxylic acids is 1. The van der Waals surface area contributed by atoms with Crippen LogP contribution < -0.4 is 5.32 Å². The maximum atomic E-state index is 12.2. The number of carbonyl (C=O) groups is 1. The summed E-state index contributed by atoms with van der Waals surface area (Å²) in [6, 6.07) is 9.45. The van der Waals surface area contributed by atoms with Crippen molar-refractivity contribution in [2.45, 2.75) is 6.54 Å². The van der Waals surface area contributed by atoms with Gasteiger partial charge in [0.1, 0.15) is 0 Å². The Morgan fingerprint density at radius 2 is 2.00 bits per heavy atom. The Labute approximate surface area is 119 Å². The summed E-state index contributed by atoms with van der Waals surface area (Å²) in [6.45, 7) is 4.82. The van der Waals surface area contributed by atoms with Gasteiger partial charge in [0, 0.05) is 39.8 Å². The topological polar surface area (TPSA) is 59.4 Å². The Kier molecular flexibility index (Phi) is 5.10. The molecule has 1 saturated heterocycles. The van der Waals surface area contributed by atoms with Gasteiger partial charge in [-0.3, -0.25) is 9.69 Å². The van der Waals surface area contributed by atoms with E-state index in [-0.39, 0.29) is 5.91 Å². The lowest BCUT2D eigenvalue weighted by Crippen LogP contribution is -2.47. The van der Waals surface area contributed by atoms with Crippen LogP contribution in [0, 0.1) is 11.3 Å². The molecule has 0 bridgehead atoms. The molecule has 5 heteroatoms. The monoisotopic (exact) mass is 272 g/mol. The summed E-state index contributed by atoms with van der Waals surface area (Å²) in [5.74, 6) is 0.135. The second kappa shape index (κ2) is 7.04. The van der Waals surface area contributed by atoms with Crippen LogP contribution in [0.5, 0.6) is 0 Å². The van der Waals surface area contributed by atoms with Crippen molar-refractivity contribution in [1.82, 2.24) is 15.1 Å². The first-order valence-corrected chi connectivity index (χ1v) is 6.85. The molecule has 1 aromatic carbocycles. The van der Waals surface area contributed by atoms with E-state index >= 15 is 0 Å². The number of likely N-dealkylation sites (N-methyl/N-ethyl adjacent to an activating group) is 1. The van der Waals surface area contributed by atoms with Gasteiger partial charge in [-0.05, 0) is 17.7 Å². The fourth-order valence-electron chi connectivity index (χ4n) is 2.23. The minimum absolute atomic E-state index is 0.135. The van der Waals surface area contributed by atoms with E-state index in [0.29, 0.717) is 18.7 Å². The maximum absolute atomic E-state index is 12.2. The molecule has 1 fully saturated rings. The number of amides is 1. The normalized spacial score (nSPS) is 15.6. The van der Waals surface area contributed by atoms with Crippen LogP contribution in [0.2, 0.25) is 0 Å². The number of hydrogen-bond acceptors (Lipinski definition) is 4. The predicted octanol–water partition coefficient (Wildman–Crippen LogP) is 0.422. The Hall–Kier alpha value is -1.90. The van der Waals surface area contributed by atoms with Gasteiger partial charge in [0.05, 0.1) is 18.2 Å². The molecule has 0 unspecified atom stereocenters. The second-order valence-electron chi connectivity index (χ2n) is 5.08. The second-order valence-corrected chi connectivity index (χ2v) is 5.08. The Morgan fingerprint density at radius 3 is 2.60 bits per heavy atom. The molecule has 106 valence electrons. The smallest absolute Gasteiger partial charge is 0.236 e. The van der Waals surface area contributed by atoms with Gasteiger partial charge >= 0.3 is 0 Å². The molecule has 1 N–H and O–H groups in total. The standard InChI is InChI=1S/C15H20N4O/c1-18(11-14-4-2-13(10-16)3-5-14)15(20)12-19-8-6-17-7-9-19/h2-5,17H,6-9,11-12H2,1H3. The molecule has 0 saturated carbocycles. The van der Waals surface area contributed by atoms with Gasteiger partial charge in [0.25, 0.3) is 0 Å². The van der Waals surface area contributed by atoms with E-state index in [2.05, 4.69) is 16.3 Å². The number of nitrogens with one attached hydrogen (secondary N) is 1. The molecule has 0 spiro atoms. The van der Waals surface area contributed by atoms with E-state index in [0.717, 1.165) is 31.7 Å². The highest BCUT2D eigenvalue weighted by Crippen LogP contribution is 2.06. The molecule has 1 heterocycles. The first kappa shape index (κ1) is 14.5. The molecule has 1 aromatic rings. The van der Waals surface area contributed by atoms with Gasteiger partial charge in [0.2, 0.25) is 5.91 Å². The van der Waals surface area contributed by atoms with Crippen molar-refractivity contribution >= 4 is 5.91 Å². The predicted molar refractivity (Wildman–Crippen MR) is 76.9 cm³/mol.